The minimum atomic E-state index is -0.111. The van der Waals surface area contributed by atoms with Crippen LogP contribution in [0.3, 0.4) is 0 Å². The average Bonchev–Trinajstić information content (AvgIpc) is 3.12. The molecule has 2 aliphatic heterocycles. The van der Waals surface area contributed by atoms with Gasteiger partial charge in [0.05, 0.1) is 16.8 Å². The summed E-state index contributed by atoms with van der Waals surface area (Å²) in [6, 6.07) is 9.31. The summed E-state index contributed by atoms with van der Waals surface area (Å²) in [7, 11) is 0. The molecule has 1 aromatic carbocycles. The van der Waals surface area contributed by atoms with Crippen molar-refractivity contribution in [1.82, 2.24) is 14.5 Å². The van der Waals surface area contributed by atoms with Crippen LogP contribution in [0.15, 0.2) is 40.3 Å². The number of hydrogen-bond acceptors (Lipinski definition) is 5. The van der Waals surface area contributed by atoms with Gasteiger partial charge in [-0.15, -0.1) is 0 Å². The number of anilines is 1. The zero-order chi connectivity index (χ0) is 20.4. The van der Waals surface area contributed by atoms with Gasteiger partial charge < -0.3 is 9.80 Å². The summed E-state index contributed by atoms with van der Waals surface area (Å²) in [5, 5.41) is 1.49. The molecule has 1 aromatic heterocycles. The second kappa shape index (κ2) is 8.79. The Morgan fingerprint density at radius 3 is 2.72 bits per heavy atom. The van der Waals surface area contributed by atoms with Crippen LogP contribution in [0.4, 0.5) is 5.69 Å². The maximum atomic E-state index is 12.9. The Hall–Kier alpha value is -1.99. The van der Waals surface area contributed by atoms with Gasteiger partial charge >= 0.3 is 0 Å². The molecule has 3 heterocycles. The van der Waals surface area contributed by atoms with Gasteiger partial charge in [-0.05, 0) is 18.6 Å². The number of aromatic nitrogens is 2. The topological polar surface area (TPSA) is 58.4 Å². The van der Waals surface area contributed by atoms with Gasteiger partial charge in [-0.3, -0.25) is 14.2 Å². The molecular weight excluding hydrogens is 408 g/mol. The van der Waals surface area contributed by atoms with E-state index in [0.717, 1.165) is 53.2 Å². The minimum Gasteiger partial charge on any atom is -0.367 e. The van der Waals surface area contributed by atoms with Gasteiger partial charge in [0.2, 0.25) is 5.91 Å². The van der Waals surface area contributed by atoms with E-state index in [9.17, 15) is 9.59 Å². The lowest BCUT2D eigenvalue weighted by molar-refractivity contribution is -0.132. The molecule has 1 unspecified atom stereocenters. The Morgan fingerprint density at radius 2 is 2.00 bits per heavy atom. The van der Waals surface area contributed by atoms with Crippen LogP contribution >= 0.6 is 23.4 Å². The third-order valence-corrected chi connectivity index (χ3v) is 6.90. The molecule has 1 saturated heterocycles. The number of rotatable bonds is 5. The smallest absolute Gasteiger partial charge is 0.254 e. The van der Waals surface area contributed by atoms with Crippen molar-refractivity contribution >= 4 is 35.0 Å². The van der Waals surface area contributed by atoms with Crippen LogP contribution in [-0.2, 0) is 11.2 Å². The summed E-state index contributed by atoms with van der Waals surface area (Å²) in [6.07, 6.45) is 2.12. The Bertz CT molecular complexity index is 956. The molecule has 1 amide bonds. The first-order chi connectivity index (χ1) is 14.1. The molecule has 0 radical (unpaired) electrons. The number of aryl methyl sites for hydroxylation is 1. The number of thioether (sulfide) groups is 1. The van der Waals surface area contributed by atoms with E-state index in [4.69, 9.17) is 11.6 Å². The number of carbonyl (C=O) groups excluding carboxylic acids is 1. The molecule has 4 rings (SSSR count). The monoisotopic (exact) mass is 432 g/mol. The predicted molar refractivity (Wildman–Crippen MR) is 117 cm³/mol. The van der Waals surface area contributed by atoms with Gasteiger partial charge in [0.1, 0.15) is 0 Å². The summed E-state index contributed by atoms with van der Waals surface area (Å²) in [5.74, 6) is 0.829. The van der Waals surface area contributed by atoms with E-state index in [1.54, 1.807) is 22.4 Å². The standard InChI is InChI=1S/C21H25ClN4O2S/c1-2-5-15-12-20(28)26-16(14-29-21(26)23-15)13-19(27)25-10-8-24(9-11-25)18-7-4-3-6-17(18)22/h3-4,6-7,12,16H,2,5,8-11,13-14H2,1H3. The molecule has 29 heavy (non-hydrogen) atoms. The lowest BCUT2D eigenvalue weighted by Gasteiger charge is -2.37. The van der Waals surface area contributed by atoms with E-state index in [2.05, 4.69) is 16.8 Å². The van der Waals surface area contributed by atoms with Gasteiger partial charge in [-0.1, -0.05) is 48.8 Å². The summed E-state index contributed by atoms with van der Waals surface area (Å²) in [6.45, 7) is 4.92. The number of halogens is 1. The van der Waals surface area contributed by atoms with Crippen molar-refractivity contribution in [1.29, 1.82) is 0 Å². The molecule has 2 aromatic rings. The average molecular weight is 433 g/mol. The molecule has 8 heteroatoms. The van der Waals surface area contributed by atoms with Gasteiger partial charge in [-0.25, -0.2) is 4.98 Å². The van der Waals surface area contributed by atoms with E-state index >= 15 is 0 Å². The number of piperazine rings is 1. The molecule has 0 saturated carbocycles. The zero-order valence-corrected chi connectivity index (χ0v) is 18.1. The number of para-hydroxylation sites is 1. The maximum Gasteiger partial charge on any atom is 0.254 e. The number of fused-ring (bicyclic) bond motifs is 1. The first-order valence-corrected chi connectivity index (χ1v) is 11.5. The van der Waals surface area contributed by atoms with Crippen LogP contribution in [0.1, 0.15) is 31.5 Å². The molecule has 1 atom stereocenters. The van der Waals surface area contributed by atoms with Crippen LogP contribution < -0.4 is 10.5 Å². The van der Waals surface area contributed by atoms with Crippen molar-refractivity contribution in [2.75, 3.05) is 36.8 Å². The first-order valence-electron chi connectivity index (χ1n) is 10.1. The van der Waals surface area contributed by atoms with Gasteiger partial charge in [-0.2, -0.15) is 0 Å². The number of benzene rings is 1. The van der Waals surface area contributed by atoms with Crippen LogP contribution in [0, 0.1) is 0 Å². The van der Waals surface area contributed by atoms with Crippen LogP contribution in [0.25, 0.3) is 0 Å². The summed E-state index contributed by atoms with van der Waals surface area (Å²) in [4.78, 5) is 34.2. The predicted octanol–water partition coefficient (Wildman–Crippen LogP) is 3.23. The molecule has 154 valence electrons. The Kier molecular flexibility index (Phi) is 6.15. The van der Waals surface area contributed by atoms with E-state index < -0.39 is 0 Å². The van der Waals surface area contributed by atoms with Gasteiger partial charge in [0, 0.05) is 50.1 Å². The van der Waals surface area contributed by atoms with Gasteiger partial charge in [0.15, 0.2) is 5.16 Å². The lowest BCUT2D eigenvalue weighted by atomic mass is 10.1. The molecular formula is C21H25ClN4O2S. The Balaban J connectivity index is 1.38. The third-order valence-electron chi connectivity index (χ3n) is 5.48. The van der Waals surface area contributed by atoms with Crippen LogP contribution in [0.5, 0.6) is 0 Å². The van der Waals surface area contributed by atoms with E-state index in [1.807, 2.05) is 29.2 Å². The van der Waals surface area contributed by atoms with Crippen molar-refractivity contribution in [3.05, 3.63) is 51.4 Å². The third kappa shape index (κ3) is 4.31. The highest BCUT2D eigenvalue weighted by Crippen LogP contribution is 2.33. The number of amides is 1. The van der Waals surface area contributed by atoms with E-state index in [0.29, 0.717) is 19.5 Å². The van der Waals surface area contributed by atoms with E-state index in [-0.39, 0.29) is 17.5 Å². The fraction of sp³-hybridized carbons (Fsp3) is 0.476. The fourth-order valence-corrected chi connectivity index (χ4v) is 5.39. The summed E-state index contributed by atoms with van der Waals surface area (Å²) in [5.41, 5.74) is 1.83. The molecule has 0 N–H and O–H groups in total. The highest BCUT2D eigenvalue weighted by Gasteiger charge is 2.30. The Morgan fingerprint density at radius 1 is 1.24 bits per heavy atom. The number of nitrogens with zero attached hydrogens (tertiary/aromatic N) is 4. The van der Waals surface area contributed by atoms with Gasteiger partial charge in [0.25, 0.3) is 5.56 Å². The molecule has 1 fully saturated rings. The van der Waals surface area contributed by atoms with Crippen molar-refractivity contribution in [2.45, 2.75) is 37.4 Å². The Labute approximate surface area is 179 Å². The lowest BCUT2D eigenvalue weighted by Crippen LogP contribution is -2.49. The van der Waals surface area contributed by atoms with Crippen LogP contribution in [0.2, 0.25) is 5.02 Å². The fourth-order valence-electron chi connectivity index (χ4n) is 3.97. The first kappa shape index (κ1) is 20.3. The number of hydrogen-bond donors (Lipinski definition) is 0. The number of carbonyl (C=O) groups is 1. The molecule has 0 spiro atoms. The normalized spacial score (nSPS) is 18.8. The maximum absolute atomic E-state index is 12.9. The molecule has 2 aliphatic rings. The van der Waals surface area contributed by atoms with Crippen molar-refractivity contribution in [3.63, 3.8) is 0 Å². The molecule has 0 aliphatic carbocycles. The summed E-state index contributed by atoms with van der Waals surface area (Å²) >= 11 is 7.88. The van der Waals surface area contributed by atoms with Crippen molar-refractivity contribution < 1.29 is 4.79 Å². The highest BCUT2D eigenvalue weighted by molar-refractivity contribution is 7.99. The summed E-state index contributed by atoms with van der Waals surface area (Å²) < 4.78 is 1.71. The SMILES string of the molecule is CCCc1cc(=O)n2c(n1)SCC2CC(=O)N1CCN(c2ccccc2Cl)CC1. The highest BCUT2D eigenvalue weighted by atomic mass is 35.5. The second-order valence-corrected chi connectivity index (χ2v) is 8.87. The van der Waals surface area contributed by atoms with Crippen molar-refractivity contribution in [3.8, 4) is 0 Å². The van der Waals surface area contributed by atoms with E-state index in [1.165, 1.54) is 0 Å². The minimum absolute atomic E-state index is 0.0372. The second-order valence-electron chi connectivity index (χ2n) is 7.48. The zero-order valence-electron chi connectivity index (χ0n) is 16.5. The molecule has 0 bridgehead atoms. The largest absolute Gasteiger partial charge is 0.367 e. The molecule has 6 nitrogen and oxygen atoms in total. The van der Waals surface area contributed by atoms with Crippen molar-refractivity contribution in [2.24, 2.45) is 0 Å². The van der Waals surface area contributed by atoms with Crippen LogP contribution in [-0.4, -0.2) is 52.3 Å². The quantitative estimate of drug-likeness (QED) is 0.679.